The van der Waals surface area contributed by atoms with E-state index in [4.69, 9.17) is 5.73 Å². The zero-order valence-corrected chi connectivity index (χ0v) is 9.41. The maximum atomic E-state index is 13.2. The third-order valence-corrected chi connectivity index (χ3v) is 3.32. The van der Waals surface area contributed by atoms with Crippen molar-refractivity contribution in [1.29, 1.82) is 0 Å². The molecular weight excluding hydrogens is 253 g/mol. The van der Waals surface area contributed by atoms with Crippen molar-refractivity contribution in [3.8, 4) is 0 Å². The van der Waals surface area contributed by atoms with Gasteiger partial charge >= 0.3 is 5.69 Å². The standard InChI is InChI=1S/C8H10FN3O4S/c9-7-5-6(1-2-8(7)12(13)14)17(15,16)11-4-3-10/h1-2,5,11H,3-4,10H2. The number of rotatable bonds is 5. The molecule has 0 heterocycles. The van der Waals surface area contributed by atoms with Gasteiger partial charge in [-0.2, -0.15) is 4.39 Å². The first kappa shape index (κ1) is 13.5. The van der Waals surface area contributed by atoms with Crippen LogP contribution < -0.4 is 10.5 Å². The van der Waals surface area contributed by atoms with Crippen LogP contribution in [0.2, 0.25) is 0 Å². The van der Waals surface area contributed by atoms with Crippen molar-refractivity contribution in [3.05, 3.63) is 34.1 Å². The van der Waals surface area contributed by atoms with E-state index in [1.807, 2.05) is 0 Å². The van der Waals surface area contributed by atoms with E-state index in [0.717, 1.165) is 12.1 Å². The van der Waals surface area contributed by atoms with Crippen LogP contribution in [0.25, 0.3) is 0 Å². The van der Waals surface area contributed by atoms with E-state index < -0.39 is 26.5 Å². The van der Waals surface area contributed by atoms with E-state index >= 15 is 0 Å². The molecule has 17 heavy (non-hydrogen) atoms. The van der Waals surface area contributed by atoms with Gasteiger partial charge in [0.05, 0.1) is 9.82 Å². The van der Waals surface area contributed by atoms with E-state index in [9.17, 15) is 22.9 Å². The fourth-order valence-electron chi connectivity index (χ4n) is 1.08. The summed E-state index contributed by atoms with van der Waals surface area (Å²) in [6, 6.07) is 2.35. The third-order valence-electron chi connectivity index (χ3n) is 1.86. The predicted octanol–water partition coefficient (Wildman–Crippen LogP) is -0.0291. The fourth-order valence-corrected chi connectivity index (χ4v) is 2.14. The highest BCUT2D eigenvalue weighted by atomic mass is 32.2. The summed E-state index contributed by atoms with van der Waals surface area (Å²) in [6.07, 6.45) is 0. The van der Waals surface area contributed by atoms with Crippen molar-refractivity contribution in [2.24, 2.45) is 5.73 Å². The molecule has 3 N–H and O–H groups in total. The normalized spacial score (nSPS) is 11.4. The molecule has 0 bridgehead atoms. The van der Waals surface area contributed by atoms with E-state index in [1.165, 1.54) is 0 Å². The summed E-state index contributed by atoms with van der Waals surface area (Å²) >= 11 is 0. The topological polar surface area (TPSA) is 115 Å². The molecule has 0 amide bonds. The van der Waals surface area contributed by atoms with Gasteiger partial charge < -0.3 is 5.73 Å². The maximum absolute atomic E-state index is 13.2. The minimum absolute atomic E-state index is 0.000932. The summed E-state index contributed by atoms with van der Waals surface area (Å²) in [5.74, 6) is -1.20. The zero-order chi connectivity index (χ0) is 13.1. The van der Waals surface area contributed by atoms with Crippen LogP contribution in [0, 0.1) is 15.9 Å². The van der Waals surface area contributed by atoms with Gasteiger partial charge in [-0.3, -0.25) is 10.1 Å². The Kier molecular flexibility index (Phi) is 4.10. The summed E-state index contributed by atoms with van der Waals surface area (Å²) in [4.78, 5) is 9.03. The second-order valence-electron chi connectivity index (χ2n) is 3.06. The van der Waals surface area contributed by atoms with Crippen LogP contribution in [0.3, 0.4) is 0 Å². The molecule has 7 nitrogen and oxygen atoms in total. The zero-order valence-electron chi connectivity index (χ0n) is 8.59. The molecule has 1 rings (SSSR count). The van der Waals surface area contributed by atoms with Gasteiger partial charge in [-0.1, -0.05) is 0 Å². The minimum Gasteiger partial charge on any atom is -0.329 e. The predicted molar refractivity (Wildman–Crippen MR) is 57.3 cm³/mol. The van der Waals surface area contributed by atoms with E-state index in [1.54, 1.807) is 0 Å². The number of hydrogen-bond donors (Lipinski definition) is 2. The Labute approximate surface area is 96.6 Å². The Hall–Kier alpha value is -1.58. The summed E-state index contributed by atoms with van der Waals surface area (Å²) < 4.78 is 38.3. The smallest absolute Gasteiger partial charge is 0.304 e. The number of nitrogens with one attached hydrogen (secondary N) is 1. The van der Waals surface area contributed by atoms with Crippen LogP contribution in [0.5, 0.6) is 0 Å². The molecule has 0 atom stereocenters. The van der Waals surface area contributed by atoms with Crippen LogP contribution >= 0.6 is 0 Å². The first-order valence-electron chi connectivity index (χ1n) is 4.52. The lowest BCUT2D eigenvalue weighted by Gasteiger charge is -2.05. The Morgan fingerprint density at radius 3 is 2.59 bits per heavy atom. The van der Waals surface area contributed by atoms with Gasteiger partial charge in [-0.25, -0.2) is 13.1 Å². The average molecular weight is 263 g/mol. The first-order chi connectivity index (χ1) is 7.88. The summed E-state index contributed by atoms with van der Waals surface area (Å²) in [7, 11) is -3.88. The molecule has 0 aromatic heterocycles. The molecule has 0 fully saturated rings. The number of benzene rings is 1. The Morgan fingerprint density at radius 1 is 1.47 bits per heavy atom. The van der Waals surface area contributed by atoms with E-state index in [2.05, 4.69) is 4.72 Å². The van der Waals surface area contributed by atoms with Crippen molar-refractivity contribution in [3.63, 3.8) is 0 Å². The van der Waals surface area contributed by atoms with Crippen molar-refractivity contribution in [2.45, 2.75) is 4.90 Å². The molecule has 1 aromatic rings. The summed E-state index contributed by atoms with van der Waals surface area (Å²) in [5.41, 5.74) is 4.34. The number of sulfonamides is 1. The molecule has 0 aliphatic heterocycles. The van der Waals surface area contributed by atoms with Crippen molar-refractivity contribution < 1.29 is 17.7 Å². The number of hydrogen-bond acceptors (Lipinski definition) is 5. The fraction of sp³-hybridized carbons (Fsp3) is 0.250. The van der Waals surface area contributed by atoms with Crippen LogP contribution in [0.1, 0.15) is 0 Å². The number of nitrogens with zero attached hydrogens (tertiary/aromatic N) is 1. The van der Waals surface area contributed by atoms with Crippen molar-refractivity contribution >= 4 is 15.7 Å². The molecule has 0 spiro atoms. The van der Waals surface area contributed by atoms with Gasteiger partial charge in [0, 0.05) is 25.2 Å². The number of halogens is 1. The van der Waals surface area contributed by atoms with Gasteiger partial charge in [0.2, 0.25) is 15.8 Å². The van der Waals surface area contributed by atoms with Gasteiger partial charge in [-0.15, -0.1) is 0 Å². The Balaban J connectivity index is 3.09. The van der Waals surface area contributed by atoms with E-state index in [0.29, 0.717) is 6.07 Å². The van der Waals surface area contributed by atoms with Crippen LogP contribution in [0.4, 0.5) is 10.1 Å². The van der Waals surface area contributed by atoms with Crippen molar-refractivity contribution in [2.75, 3.05) is 13.1 Å². The van der Waals surface area contributed by atoms with Gasteiger partial charge in [0.25, 0.3) is 0 Å². The molecule has 0 aliphatic carbocycles. The second-order valence-corrected chi connectivity index (χ2v) is 4.82. The molecule has 0 saturated carbocycles. The Bertz CT molecular complexity index is 532. The lowest BCUT2D eigenvalue weighted by atomic mass is 10.3. The number of nitrogens with two attached hydrogens (primary N) is 1. The first-order valence-corrected chi connectivity index (χ1v) is 6.00. The van der Waals surface area contributed by atoms with Gasteiger partial charge in [-0.05, 0) is 6.07 Å². The highest BCUT2D eigenvalue weighted by molar-refractivity contribution is 7.89. The molecule has 0 radical (unpaired) electrons. The second kappa shape index (κ2) is 5.17. The SMILES string of the molecule is NCCNS(=O)(=O)c1ccc([N+](=O)[O-])c(F)c1. The molecule has 94 valence electrons. The van der Waals surface area contributed by atoms with Gasteiger partial charge in [0.1, 0.15) is 0 Å². The molecule has 0 saturated heterocycles. The van der Waals surface area contributed by atoms with Crippen LogP contribution in [0.15, 0.2) is 23.1 Å². The highest BCUT2D eigenvalue weighted by Gasteiger charge is 2.19. The lowest BCUT2D eigenvalue weighted by Crippen LogP contribution is -2.29. The molecule has 9 heteroatoms. The van der Waals surface area contributed by atoms with Crippen molar-refractivity contribution in [1.82, 2.24) is 4.72 Å². The summed E-state index contributed by atoms with van der Waals surface area (Å²) in [5, 5.41) is 10.3. The van der Waals surface area contributed by atoms with Crippen LogP contribution in [-0.2, 0) is 10.0 Å². The monoisotopic (exact) mass is 263 g/mol. The van der Waals surface area contributed by atoms with E-state index in [-0.39, 0.29) is 18.0 Å². The largest absolute Gasteiger partial charge is 0.329 e. The van der Waals surface area contributed by atoms with Crippen LogP contribution in [-0.4, -0.2) is 26.4 Å². The summed E-state index contributed by atoms with van der Waals surface area (Å²) in [6.45, 7) is 0.0929. The number of nitro benzene ring substituents is 1. The molecule has 0 aliphatic rings. The molecule has 1 aromatic carbocycles. The highest BCUT2D eigenvalue weighted by Crippen LogP contribution is 2.20. The lowest BCUT2D eigenvalue weighted by molar-refractivity contribution is -0.387. The Morgan fingerprint density at radius 2 is 2.12 bits per heavy atom. The third kappa shape index (κ3) is 3.19. The quantitative estimate of drug-likeness (QED) is 0.571. The van der Waals surface area contributed by atoms with Gasteiger partial charge in [0.15, 0.2) is 0 Å². The number of nitro groups is 1. The minimum atomic E-state index is -3.88. The molecular formula is C8H10FN3O4S. The molecule has 0 unspecified atom stereocenters. The maximum Gasteiger partial charge on any atom is 0.304 e. The average Bonchev–Trinajstić information content (AvgIpc) is 2.25.